The first-order valence-electron chi connectivity index (χ1n) is 11.9. The fourth-order valence-corrected chi connectivity index (χ4v) is 6.50. The zero-order valence-corrected chi connectivity index (χ0v) is 18.9. The van der Waals surface area contributed by atoms with Gasteiger partial charge in [-0.2, -0.15) is 0 Å². The molecule has 0 radical (unpaired) electrons. The fourth-order valence-electron chi connectivity index (χ4n) is 6.50. The number of aliphatic hydroxyl groups is 1. The normalized spacial score (nSPS) is 23.1. The number of cyclic esters (lactones) is 1. The van der Waals surface area contributed by atoms with E-state index in [4.69, 9.17) is 9.72 Å². The number of rotatable bonds is 1. The van der Waals surface area contributed by atoms with Gasteiger partial charge in [-0.1, -0.05) is 0 Å². The Hall–Kier alpha value is -3.10. The van der Waals surface area contributed by atoms with E-state index in [1.807, 2.05) is 6.92 Å². The number of hydrogen-bond donors (Lipinski definition) is 1. The van der Waals surface area contributed by atoms with Crippen LogP contribution in [-0.4, -0.2) is 38.6 Å². The number of aryl methyl sites for hydroxylation is 1. The van der Waals surface area contributed by atoms with Crippen molar-refractivity contribution in [2.24, 2.45) is 0 Å². The lowest BCUT2D eigenvalue weighted by molar-refractivity contribution is -0.157. The molecule has 1 aliphatic carbocycles. The van der Waals surface area contributed by atoms with E-state index < -0.39 is 12.1 Å². The number of halogens is 1. The Morgan fingerprint density at radius 1 is 1.15 bits per heavy atom. The van der Waals surface area contributed by atoms with Gasteiger partial charge in [0.1, 0.15) is 12.4 Å². The zero-order chi connectivity index (χ0) is 23.3. The van der Waals surface area contributed by atoms with E-state index in [2.05, 4.69) is 4.90 Å². The van der Waals surface area contributed by atoms with Crippen LogP contribution in [0.5, 0.6) is 0 Å². The minimum atomic E-state index is -1.49. The van der Waals surface area contributed by atoms with Crippen molar-refractivity contribution < 1.29 is 19.0 Å². The maximum Gasteiger partial charge on any atom is 0.340 e. The molecular weight excluding hydrogens is 437 g/mol. The summed E-state index contributed by atoms with van der Waals surface area (Å²) >= 11 is 0. The van der Waals surface area contributed by atoms with E-state index in [1.54, 1.807) is 10.6 Å². The van der Waals surface area contributed by atoms with Crippen LogP contribution in [0.2, 0.25) is 0 Å². The third kappa shape index (κ3) is 2.55. The van der Waals surface area contributed by atoms with E-state index in [0.717, 1.165) is 42.4 Å². The number of pyridine rings is 2. The lowest BCUT2D eigenvalue weighted by atomic mass is 9.81. The average molecular weight is 461 g/mol. The van der Waals surface area contributed by atoms with E-state index in [9.17, 15) is 19.1 Å². The molecule has 3 aromatic rings. The van der Waals surface area contributed by atoms with Gasteiger partial charge in [0.2, 0.25) is 0 Å². The topological polar surface area (TPSA) is 84.7 Å². The standard InChI is InChI=1S/C26H24FN3O4/c1-12-13-4-5-19(29-6-2-3-7-29)22-15-10-30-20(23(15)28-18(21(13)22)9-17(12)27)8-14-16(25(30)32)11-34-26(33)24(14)31/h8-9,19,24,31H,2-7,10-11H2,1H3. The number of hydrogen-bond acceptors (Lipinski definition) is 6. The van der Waals surface area contributed by atoms with Crippen molar-refractivity contribution in [2.75, 3.05) is 13.1 Å². The van der Waals surface area contributed by atoms with E-state index in [1.165, 1.54) is 24.5 Å². The molecule has 34 heavy (non-hydrogen) atoms. The molecule has 5 heterocycles. The van der Waals surface area contributed by atoms with Crippen molar-refractivity contribution >= 4 is 16.9 Å². The van der Waals surface area contributed by atoms with Gasteiger partial charge in [-0.25, -0.2) is 14.2 Å². The number of benzene rings is 1. The highest BCUT2D eigenvalue weighted by Crippen LogP contribution is 2.47. The van der Waals surface area contributed by atoms with Crippen molar-refractivity contribution in [3.8, 4) is 11.4 Å². The molecule has 2 unspecified atom stereocenters. The number of esters is 1. The lowest BCUT2D eigenvalue weighted by Crippen LogP contribution is -2.32. The first kappa shape index (κ1) is 20.3. The molecule has 2 aromatic heterocycles. The van der Waals surface area contributed by atoms with Gasteiger partial charge in [-0.15, -0.1) is 0 Å². The Morgan fingerprint density at radius 2 is 1.94 bits per heavy atom. The Morgan fingerprint density at radius 3 is 2.74 bits per heavy atom. The van der Waals surface area contributed by atoms with E-state index in [-0.39, 0.29) is 29.6 Å². The second kappa shape index (κ2) is 6.96. The molecule has 3 aliphatic heterocycles. The highest BCUT2D eigenvalue weighted by atomic mass is 19.1. The van der Waals surface area contributed by atoms with Crippen LogP contribution in [0.25, 0.3) is 22.3 Å². The summed E-state index contributed by atoms with van der Waals surface area (Å²) in [6.07, 6.45) is 2.56. The first-order valence-corrected chi connectivity index (χ1v) is 11.9. The molecule has 4 aliphatic rings. The van der Waals surface area contributed by atoms with Crippen molar-refractivity contribution in [3.63, 3.8) is 0 Å². The van der Waals surface area contributed by atoms with Crippen LogP contribution < -0.4 is 5.56 Å². The predicted octanol–water partition coefficient (Wildman–Crippen LogP) is 3.05. The molecule has 0 saturated carbocycles. The van der Waals surface area contributed by atoms with Crippen LogP contribution in [-0.2, 0) is 29.1 Å². The van der Waals surface area contributed by atoms with Gasteiger partial charge in [-0.3, -0.25) is 9.69 Å². The Balaban J connectivity index is 1.54. The number of aromatic nitrogens is 2. The van der Waals surface area contributed by atoms with Gasteiger partial charge in [0.25, 0.3) is 5.56 Å². The van der Waals surface area contributed by atoms with Crippen molar-refractivity contribution in [3.05, 3.63) is 61.7 Å². The largest absolute Gasteiger partial charge is 0.458 e. The van der Waals surface area contributed by atoms with Gasteiger partial charge < -0.3 is 14.4 Å². The number of likely N-dealkylation sites (tertiary alicyclic amines) is 1. The van der Waals surface area contributed by atoms with Crippen molar-refractivity contribution in [2.45, 2.75) is 57.9 Å². The molecule has 174 valence electrons. The summed E-state index contributed by atoms with van der Waals surface area (Å²) in [5.41, 5.74) is 6.00. The van der Waals surface area contributed by atoms with Crippen molar-refractivity contribution in [1.29, 1.82) is 0 Å². The van der Waals surface area contributed by atoms with Gasteiger partial charge in [-0.05, 0) is 68.5 Å². The summed E-state index contributed by atoms with van der Waals surface area (Å²) in [5.74, 6) is -1.02. The first-order chi connectivity index (χ1) is 16.4. The predicted molar refractivity (Wildman–Crippen MR) is 122 cm³/mol. The minimum absolute atomic E-state index is 0.145. The molecular formula is C26H24FN3O4. The van der Waals surface area contributed by atoms with Crippen LogP contribution in [0, 0.1) is 12.7 Å². The molecule has 1 saturated heterocycles. The van der Waals surface area contributed by atoms with Gasteiger partial charge >= 0.3 is 5.97 Å². The summed E-state index contributed by atoms with van der Waals surface area (Å²) < 4.78 is 21.6. The molecule has 0 amide bonds. The quantitative estimate of drug-likeness (QED) is 0.439. The van der Waals surface area contributed by atoms with Crippen LogP contribution in [0.15, 0.2) is 16.9 Å². The highest BCUT2D eigenvalue weighted by Gasteiger charge is 2.38. The minimum Gasteiger partial charge on any atom is -0.458 e. The molecule has 0 spiro atoms. The number of aliphatic hydroxyl groups excluding tert-OH is 1. The Bertz CT molecular complexity index is 1490. The second-order valence-electron chi connectivity index (χ2n) is 9.87. The number of fused-ring (bicyclic) bond motifs is 5. The highest BCUT2D eigenvalue weighted by molar-refractivity contribution is 5.93. The third-order valence-electron chi connectivity index (χ3n) is 8.20. The van der Waals surface area contributed by atoms with Gasteiger partial charge in [0, 0.05) is 28.6 Å². The number of ether oxygens (including phenoxy) is 1. The SMILES string of the molecule is Cc1c(F)cc2nc3c(c4c2c1CCC4N1CCCC1)Cn1c-3cc2c(c1=O)COC(=O)C2O. The maximum absolute atomic E-state index is 14.9. The zero-order valence-electron chi connectivity index (χ0n) is 18.9. The Kier molecular flexibility index (Phi) is 4.15. The van der Waals surface area contributed by atoms with Crippen LogP contribution in [0.1, 0.15) is 64.8 Å². The molecule has 7 rings (SSSR count). The molecule has 1 aromatic carbocycles. The van der Waals surface area contributed by atoms with Gasteiger partial charge in [0.05, 0.1) is 29.0 Å². The third-order valence-corrected chi connectivity index (χ3v) is 8.20. The molecule has 2 atom stereocenters. The average Bonchev–Trinajstić information content (AvgIpc) is 3.49. The summed E-state index contributed by atoms with van der Waals surface area (Å²) in [5, 5.41) is 11.4. The van der Waals surface area contributed by atoms with Crippen molar-refractivity contribution in [1.82, 2.24) is 14.5 Å². The smallest absolute Gasteiger partial charge is 0.340 e. The molecule has 8 heteroatoms. The lowest BCUT2D eigenvalue weighted by Gasteiger charge is -2.35. The summed E-state index contributed by atoms with van der Waals surface area (Å²) in [7, 11) is 0. The van der Waals surface area contributed by atoms with E-state index >= 15 is 0 Å². The number of nitrogens with zero attached hydrogens (tertiary/aromatic N) is 3. The number of carbonyl (C=O) groups is 1. The van der Waals surface area contributed by atoms with Crippen LogP contribution in [0.3, 0.4) is 0 Å². The van der Waals surface area contributed by atoms with Crippen LogP contribution in [0.4, 0.5) is 4.39 Å². The number of carbonyl (C=O) groups excluding carboxylic acids is 1. The second-order valence-corrected chi connectivity index (χ2v) is 9.87. The van der Waals surface area contributed by atoms with Crippen LogP contribution >= 0.6 is 0 Å². The molecule has 0 bridgehead atoms. The summed E-state index contributed by atoms with van der Waals surface area (Å²) in [6.45, 7) is 4.13. The molecule has 1 fully saturated rings. The summed E-state index contributed by atoms with van der Waals surface area (Å²) in [6, 6.07) is 3.41. The fraction of sp³-hybridized carbons (Fsp3) is 0.423. The molecule has 1 N–H and O–H groups in total. The molecule has 7 nitrogen and oxygen atoms in total. The monoisotopic (exact) mass is 461 g/mol. The maximum atomic E-state index is 14.9. The Labute approximate surface area is 194 Å². The summed E-state index contributed by atoms with van der Waals surface area (Å²) in [4.78, 5) is 32.8. The van der Waals surface area contributed by atoms with Gasteiger partial charge in [0.15, 0.2) is 6.10 Å². The van der Waals surface area contributed by atoms with E-state index in [0.29, 0.717) is 34.6 Å².